The van der Waals surface area contributed by atoms with Gasteiger partial charge in [0.2, 0.25) is 0 Å². The summed E-state index contributed by atoms with van der Waals surface area (Å²) in [6.07, 6.45) is 9.04. The maximum atomic E-state index is 6.96. The van der Waals surface area contributed by atoms with Gasteiger partial charge in [0.05, 0.1) is 6.04 Å². The fourth-order valence-electron chi connectivity index (χ4n) is 7.28. The van der Waals surface area contributed by atoms with Gasteiger partial charge in [0.15, 0.2) is 0 Å². The highest BCUT2D eigenvalue weighted by Crippen LogP contribution is 2.42. The highest BCUT2D eigenvalue weighted by molar-refractivity contribution is 5.87. The second-order valence-electron chi connectivity index (χ2n) is 13.7. The Labute approximate surface area is 324 Å². The lowest BCUT2D eigenvalue weighted by molar-refractivity contribution is 0.807. The summed E-state index contributed by atoms with van der Waals surface area (Å²) in [6, 6.07) is 53.3. The Morgan fingerprint density at radius 1 is 0.537 bits per heavy atom. The van der Waals surface area contributed by atoms with Crippen LogP contribution in [0.3, 0.4) is 0 Å². The molecule has 2 aliphatic rings. The number of nitrogens with two attached hydrogens (primary N) is 2. The molecule has 3 heteroatoms. The average Bonchev–Trinajstić information content (AvgIpc) is 3.24. The molecule has 2 unspecified atom stereocenters. The van der Waals surface area contributed by atoms with Crippen molar-refractivity contribution in [1.82, 2.24) is 5.32 Å². The molecule has 0 amide bonds. The van der Waals surface area contributed by atoms with Crippen LogP contribution in [0.5, 0.6) is 0 Å². The quantitative estimate of drug-likeness (QED) is 0.161. The fraction of sp³-hybridized carbons (Fsp3) is 0.216. The molecule has 8 rings (SSSR count). The summed E-state index contributed by atoms with van der Waals surface area (Å²) in [4.78, 5) is 0. The number of hydrogen-bond acceptors (Lipinski definition) is 3. The zero-order valence-corrected chi connectivity index (χ0v) is 32.7. The van der Waals surface area contributed by atoms with E-state index in [1.54, 1.807) is 0 Å². The van der Waals surface area contributed by atoms with Crippen LogP contribution in [0.15, 0.2) is 174 Å². The van der Waals surface area contributed by atoms with E-state index in [1.165, 1.54) is 72.0 Å². The zero-order chi connectivity index (χ0) is 38.3. The number of hydrogen-bond donors (Lipinski definition) is 3. The Hall–Kier alpha value is -5.32. The van der Waals surface area contributed by atoms with Crippen LogP contribution in [0, 0.1) is 0 Å². The molecule has 2 atom stereocenters. The molecule has 0 fully saturated rings. The molecule has 0 aliphatic heterocycles. The van der Waals surface area contributed by atoms with E-state index in [-0.39, 0.29) is 12.1 Å². The Kier molecular flexibility index (Phi) is 14.9. The van der Waals surface area contributed by atoms with Crippen molar-refractivity contribution in [2.45, 2.75) is 58.5 Å². The van der Waals surface area contributed by atoms with Crippen LogP contribution in [0.2, 0.25) is 0 Å². The van der Waals surface area contributed by atoms with Gasteiger partial charge in [0.1, 0.15) is 0 Å². The van der Waals surface area contributed by atoms with Crippen LogP contribution in [0.1, 0.15) is 79.9 Å². The van der Waals surface area contributed by atoms with Crippen LogP contribution in [0.4, 0.5) is 0 Å². The van der Waals surface area contributed by atoms with Gasteiger partial charge in [-0.3, -0.25) is 0 Å². The summed E-state index contributed by atoms with van der Waals surface area (Å²) in [5.41, 5.74) is 27.4. The third-order valence-electron chi connectivity index (χ3n) is 9.91. The first-order valence-corrected chi connectivity index (χ1v) is 19.5. The molecule has 0 saturated heterocycles. The molecular formula is C51H57N3. The first-order chi connectivity index (χ1) is 26.5. The van der Waals surface area contributed by atoms with Crippen LogP contribution < -0.4 is 16.8 Å². The largest absolute Gasteiger partial charge is 0.324 e. The molecule has 0 saturated carbocycles. The lowest BCUT2D eigenvalue weighted by Gasteiger charge is -2.28. The fourth-order valence-corrected chi connectivity index (χ4v) is 7.28. The number of allylic oxidation sites excluding steroid dienone is 3. The summed E-state index contributed by atoms with van der Waals surface area (Å²) in [7, 11) is 3.75. The Morgan fingerprint density at radius 3 is 1.85 bits per heavy atom. The van der Waals surface area contributed by atoms with Crippen molar-refractivity contribution in [3.8, 4) is 11.1 Å². The van der Waals surface area contributed by atoms with E-state index in [9.17, 15) is 0 Å². The van der Waals surface area contributed by atoms with Crippen molar-refractivity contribution in [3.05, 3.63) is 202 Å². The number of fused-ring (bicyclic) bond motifs is 2. The van der Waals surface area contributed by atoms with E-state index in [2.05, 4.69) is 139 Å². The second kappa shape index (κ2) is 20.2. The molecule has 0 aromatic heterocycles. The number of rotatable bonds is 6. The Morgan fingerprint density at radius 2 is 1.13 bits per heavy atom. The van der Waals surface area contributed by atoms with Gasteiger partial charge in [-0.05, 0) is 125 Å². The standard InChI is InChI=1S/C33H29N.C14H15N.C2H7N.C2H6/c34-33(25-10-2-1-3-11-25)32-22-29(28-16-14-23-8-4-6-12-26(23)20-28)18-19-31(32)30-17-15-24-9-5-7-13-27(24)21-30;1-11(15)13-9-5-6-10-14(13)12-7-3-2-4-8-12;1-3-2;1-2/h1-14,16,20-22,33H,15,17-19,34H2;2-11H,15H2,1H3;3H,1-2H3;1-2H3. The topological polar surface area (TPSA) is 64.1 Å². The van der Waals surface area contributed by atoms with E-state index in [0.717, 1.165) is 25.7 Å². The minimum absolute atomic E-state index is 0.0707. The summed E-state index contributed by atoms with van der Waals surface area (Å²) >= 11 is 0. The van der Waals surface area contributed by atoms with E-state index in [0.29, 0.717) is 0 Å². The molecular weight excluding hydrogens is 655 g/mol. The van der Waals surface area contributed by atoms with Crippen LogP contribution in [-0.4, -0.2) is 14.1 Å². The van der Waals surface area contributed by atoms with Gasteiger partial charge < -0.3 is 16.8 Å². The minimum Gasteiger partial charge on any atom is -0.324 e. The normalized spacial score (nSPS) is 14.4. The molecule has 2 aliphatic carbocycles. The predicted molar refractivity (Wildman–Crippen MR) is 235 cm³/mol. The zero-order valence-electron chi connectivity index (χ0n) is 32.7. The lowest BCUT2D eigenvalue weighted by atomic mass is 9.78. The van der Waals surface area contributed by atoms with Gasteiger partial charge in [-0.1, -0.05) is 172 Å². The van der Waals surface area contributed by atoms with Gasteiger partial charge in [0, 0.05) is 6.04 Å². The summed E-state index contributed by atoms with van der Waals surface area (Å²) < 4.78 is 0. The Bertz CT molecular complexity index is 2170. The van der Waals surface area contributed by atoms with Crippen molar-refractivity contribution in [1.29, 1.82) is 0 Å². The summed E-state index contributed by atoms with van der Waals surface area (Å²) in [5.74, 6) is 0. The third-order valence-corrected chi connectivity index (χ3v) is 9.91. The van der Waals surface area contributed by atoms with Crippen molar-refractivity contribution in [2.24, 2.45) is 11.5 Å². The van der Waals surface area contributed by atoms with Crippen molar-refractivity contribution in [3.63, 3.8) is 0 Å². The molecule has 0 radical (unpaired) electrons. The van der Waals surface area contributed by atoms with Crippen LogP contribution >= 0.6 is 0 Å². The third kappa shape index (κ3) is 10.0. The van der Waals surface area contributed by atoms with Gasteiger partial charge in [0.25, 0.3) is 0 Å². The molecule has 6 aromatic rings. The van der Waals surface area contributed by atoms with Crippen molar-refractivity contribution < 1.29 is 0 Å². The maximum Gasteiger partial charge on any atom is 0.0554 e. The highest BCUT2D eigenvalue weighted by atomic mass is 14.7. The van der Waals surface area contributed by atoms with Gasteiger partial charge in [-0.2, -0.15) is 0 Å². The van der Waals surface area contributed by atoms with E-state index in [4.69, 9.17) is 11.5 Å². The van der Waals surface area contributed by atoms with Gasteiger partial charge >= 0.3 is 0 Å². The minimum atomic E-state index is -0.134. The summed E-state index contributed by atoms with van der Waals surface area (Å²) in [5, 5.41) is 5.32. The molecule has 6 aromatic carbocycles. The van der Waals surface area contributed by atoms with Crippen LogP contribution in [-0.2, 0) is 6.42 Å². The van der Waals surface area contributed by atoms with Crippen molar-refractivity contribution >= 4 is 22.4 Å². The summed E-state index contributed by atoms with van der Waals surface area (Å²) in [6.45, 7) is 6.02. The Balaban J connectivity index is 0.000000234. The number of nitrogens with one attached hydrogen (secondary N) is 1. The second-order valence-corrected chi connectivity index (χ2v) is 13.7. The number of aryl methyl sites for hydroxylation is 1. The van der Waals surface area contributed by atoms with Crippen molar-refractivity contribution in [2.75, 3.05) is 14.1 Å². The van der Waals surface area contributed by atoms with E-state index >= 15 is 0 Å². The molecule has 276 valence electrons. The SMILES string of the molecule is CC.CC(N)c1ccccc1-c1ccccc1.CNC.NC(C1=C(C2=Cc3ccccc3CC2)CCC(c2ccc3ccccc3c2)=C1)c1ccccc1. The molecule has 54 heavy (non-hydrogen) atoms. The van der Waals surface area contributed by atoms with Gasteiger partial charge in [-0.25, -0.2) is 0 Å². The predicted octanol–water partition coefficient (Wildman–Crippen LogP) is 12.3. The van der Waals surface area contributed by atoms with Crippen LogP contribution in [0.25, 0.3) is 33.5 Å². The first kappa shape index (κ1) is 39.9. The number of benzene rings is 6. The molecule has 0 heterocycles. The van der Waals surface area contributed by atoms with E-state index in [1.807, 2.05) is 65.2 Å². The highest BCUT2D eigenvalue weighted by Gasteiger charge is 2.24. The lowest BCUT2D eigenvalue weighted by Crippen LogP contribution is -2.17. The smallest absolute Gasteiger partial charge is 0.0554 e. The monoisotopic (exact) mass is 711 g/mol. The molecule has 3 nitrogen and oxygen atoms in total. The molecule has 0 bridgehead atoms. The first-order valence-electron chi connectivity index (χ1n) is 19.5. The maximum absolute atomic E-state index is 6.96. The molecule has 5 N–H and O–H groups in total. The molecule has 0 spiro atoms. The van der Waals surface area contributed by atoms with E-state index < -0.39 is 0 Å². The average molecular weight is 712 g/mol. The van der Waals surface area contributed by atoms with Gasteiger partial charge in [-0.15, -0.1) is 0 Å².